The number of aromatic carboxylic acids is 1. The molecule has 28 heavy (non-hydrogen) atoms. The fourth-order valence-corrected chi connectivity index (χ4v) is 2.71. The lowest BCUT2D eigenvalue weighted by atomic mass is 10.0. The highest BCUT2D eigenvalue weighted by Gasteiger charge is 2.26. The number of benzene rings is 1. The Hall–Kier alpha value is -3.29. The Morgan fingerprint density at radius 2 is 1.86 bits per heavy atom. The van der Waals surface area contributed by atoms with Gasteiger partial charge in [0.15, 0.2) is 0 Å². The van der Waals surface area contributed by atoms with Gasteiger partial charge in [-0.05, 0) is 31.0 Å². The van der Waals surface area contributed by atoms with E-state index in [4.69, 9.17) is 14.3 Å². The van der Waals surface area contributed by atoms with Crippen molar-refractivity contribution in [3.8, 4) is 5.75 Å². The zero-order chi connectivity index (χ0) is 20.8. The Bertz CT molecular complexity index is 871. The van der Waals surface area contributed by atoms with E-state index in [2.05, 4.69) is 10.6 Å². The molecule has 0 saturated heterocycles. The number of carboxylic acids is 1. The summed E-state index contributed by atoms with van der Waals surface area (Å²) >= 11 is 0. The second kappa shape index (κ2) is 9.07. The molecule has 1 aromatic heterocycles. The Labute approximate surface area is 162 Å². The van der Waals surface area contributed by atoms with E-state index < -0.39 is 23.8 Å². The van der Waals surface area contributed by atoms with Gasteiger partial charge in [-0.2, -0.15) is 0 Å². The van der Waals surface area contributed by atoms with Crippen LogP contribution in [-0.4, -0.2) is 36.0 Å². The molecule has 1 unspecified atom stereocenters. The second-order valence-electron chi connectivity index (χ2n) is 6.60. The molecule has 2 aromatic rings. The molecule has 8 nitrogen and oxygen atoms in total. The molecule has 8 heteroatoms. The lowest BCUT2D eigenvalue weighted by Gasteiger charge is -2.22. The first kappa shape index (κ1) is 21.0. The van der Waals surface area contributed by atoms with Crippen LogP contribution in [0.3, 0.4) is 0 Å². The maximum atomic E-state index is 12.6. The van der Waals surface area contributed by atoms with Crippen molar-refractivity contribution in [3.63, 3.8) is 0 Å². The van der Waals surface area contributed by atoms with Crippen molar-refractivity contribution in [2.45, 2.75) is 33.4 Å². The van der Waals surface area contributed by atoms with Gasteiger partial charge in [0.2, 0.25) is 5.91 Å². The zero-order valence-electron chi connectivity index (χ0n) is 16.2. The third-order valence-corrected chi connectivity index (χ3v) is 4.22. The lowest BCUT2D eigenvalue weighted by Crippen LogP contribution is -2.49. The number of carbonyl (C=O) groups excluding carboxylic acids is 2. The molecule has 1 aromatic carbocycles. The predicted octanol–water partition coefficient (Wildman–Crippen LogP) is 2.37. The van der Waals surface area contributed by atoms with Gasteiger partial charge < -0.3 is 24.9 Å². The van der Waals surface area contributed by atoms with Crippen molar-refractivity contribution in [3.05, 3.63) is 53.0 Å². The van der Waals surface area contributed by atoms with E-state index in [1.165, 1.54) is 13.2 Å². The van der Waals surface area contributed by atoms with Crippen molar-refractivity contribution in [1.82, 2.24) is 10.6 Å². The summed E-state index contributed by atoms with van der Waals surface area (Å²) in [6, 6.07) is 7.32. The van der Waals surface area contributed by atoms with E-state index in [0.29, 0.717) is 17.1 Å². The molecule has 0 bridgehead atoms. The summed E-state index contributed by atoms with van der Waals surface area (Å²) in [6.07, 6.45) is 0. The van der Waals surface area contributed by atoms with Crippen LogP contribution in [0.1, 0.15) is 46.1 Å². The lowest BCUT2D eigenvalue weighted by molar-refractivity contribution is -0.124. The quantitative estimate of drug-likeness (QED) is 0.639. The molecule has 0 aliphatic heterocycles. The Morgan fingerprint density at radius 1 is 1.18 bits per heavy atom. The maximum Gasteiger partial charge on any atom is 0.339 e. The third-order valence-electron chi connectivity index (χ3n) is 4.22. The van der Waals surface area contributed by atoms with E-state index >= 15 is 0 Å². The number of rotatable bonds is 8. The number of carboxylic acid groups (broad SMARTS) is 1. The average molecular weight is 388 g/mol. The third kappa shape index (κ3) is 4.91. The van der Waals surface area contributed by atoms with E-state index in [1.54, 1.807) is 31.2 Å². The Balaban J connectivity index is 2.06. The smallest absolute Gasteiger partial charge is 0.339 e. The predicted molar refractivity (Wildman–Crippen MR) is 101 cm³/mol. The van der Waals surface area contributed by atoms with Crippen molar-refractivity contribution in [2.75, 3.05) is 7.11 Å². The molecule has 0 radical (unpaired) electrons. The minimum absolute atomic E-state index is 0.0146. The number of hydrogen-bond acceptors (Lipinski definition) is 5. The maximum absolute atomic E-state index is 12.6. The number of para-hydroxylation sites is 1. The molecule has 150 valence electrons. The minimum Gasteiger partial charge on any atom is -0.496 e. The minimum atomic E-state index is -1.09. The van der Waals surface area contributed by atoms with E-state index in [1.807, 2.05) is 13.8 Å². The zero-order valence-corrected chi connectivity index (χ0v) is 16.2. The molecule has 0 spiro atoms. The van der Waals surface area contributed by atoms with Crippen LogP contribution in [0.25, 0.3) is 0 Å². The number of ether oxygens (including phenoxy) is 1. The van der Waals surface area contributed by atoms with Crippen LogP contribution in [0.2, 0.25) is 0 Å². The van der Waals surface area contributed by atoms with Crippen molar-refractivity contribution in [1.29, 1.82) is 0 Å². The van der Waals surface area contributed by atoms with Gasteiger partial charge >= 0.3 is 5.97 Å². The summed E-state index contributed by atoms with van der Waals surface area (Å²) in [5.41, 5.74) is 0.380. The van der Waals surface area contributed by atoms with Crippen LogP contribution in [0.15, 0.2) is 34.7 Å². The molecular weight excluding hydrogens is 364 g/mol. The number of furan rings is 1. The number of nitrogens with one attached hydrogen (secondary N) is 2. The molecule has 1 atom stereocenters. The van der Waals surface area contributed by atoms with Crippen molar-refractivity contribution in [2.24, 2.45) is 5.92 Å². The summed E-state index contributed by atoms with van der Waals surface area (Å²) < 4.78 is 10.5. The molecule has 3 N–H and O–H groups in total. The first-order valence-corrected chi connectivity index (χ1v) is 8.78. The largest absolute Gasteiger partial charge is 0.496 e. The molecular formula is C20H24N2O6. The SMILES string of the molecule is COc1ccccc1C(=O)NC(C(=O)NCc1cc(C(=O)O)c(C)o1)C(C)C. The van der Waals surface area contributed by atoms with Crippen LogP contribution in [0.4, 0.5) is 0 Å². The van der Waals surface area contributed by atoms with Crippen LogP contribution >= 0.6 is 0 Å². The van der Waals surface area contributed by atoms with Gasteiger partial charge in [-0.3, -0.25) is 9.59 Å². The van der Waals surface area contributed by atoms with Gasteiger partial charge in [0, 0.05) is 0 Å². The highest BCUT2D eigenvalue weighted by Crippen LogP contribution is 2.18. The summed E-state index contributed by atoms with van der Waals surface area (Å²) in [5.74, 6) is -1.09. The number of aryl methyl sites for hydroxylation is 1. The molecule has 2 amide bonds. The van der Waals surface area contributed by atoms with Gasteiger partial charge in [-0.15, -0.1) is 0 Å². The van der Waals surface area contributed by atoms with Crippen LogP contribution < -0.4 is 15.4 Å². The van der Waals surface area contributed by atoms with Gasteiger partial charge in [-0.1, -0.05) is 26.0 Å². The van der Waals surface area contributed by atoms with Gasteiger partial charge in [0.1, 0.15) is 28.9 Å². The summed E-state index contributed by atoms with van der Waals surface area (Å²) in [7, 11) is 1.47. The van der Waals surface area contributed by atoms with Gasteiger partial charge in [-0.25, -0.2) is 4.79 Å². The molecule has 1 heterocycles. The Morgan fingerprint density at radius 3 is 2.43 bits per heavy atom. The normalized spacial score (nSPS) is 11.8. The topological polar surface area (TPSA) is 118 Å². The fourth-order valence-electron chi connectivity index (χ4n) is 2.71. The van der Waals surface area contributed by atoms with E-state index in [-0.39, 0.29) is 23.8 Å². The highest BCUT2D eigenvalue weighted by molar-refractivity contribution is 5.99. The van der Waals surface area contributed by atoms with Crippen molar-refractivity contribution < 1.29 is 28.6 Å². The monoisotopic (exact) mass is 388 g/mol. The first-order chi connectivity index (χ1) is 13.2. The van der Waals surface area contributed by atoms with Crippen molar-refractivity contribution >= 4 is 17.8 Å². The molecule has 0 saturated carbocycles. The van der Waals surface area contributed by atoms with Crippen LogP contribution in [-0.2, 0) is 11.3 Å². The standard InChI is InChI=1S/C20H24N2O6/c1-11(2)17(22-18(23)14-7-5-6-8-16(14)27-4)19(24)21-10-13-9-15(20(25)26)12(3)28-13/h5-9,11,17H,10H2,1-4H3,(H,21,24)(H,22,23)(H,25,26). The molecule has 0 aliphatic carbocycles. The summed E-state index contributed by atoms with van der Waals surface area (Å²) in [4.78, 5) is 36.2. The molecule has 2 rings (SSSR count). The van der Waals surface area contributed by atoms with Gasteiger partial charge in [0.05, 0.1) is 19.2 Å². The summed E-state index contributed by atoms with van der Waals surface area (Å²) in [6.45, 7) is 5.18. The highest BCUT2D eigenvalue weighted by atomic mass is 16.5. The average Bonchev–Trinajstić information content (AvgIpc) is 3.04. The van der Waals surface area contributed by atoms with E-state index in [0.717, 1.165) is 0 Å². The first-order valence-electron chi connectivity index (χ1n) is 8.78. The van der Waals surface area contributed by atoms with Crippen LogP contribution in [0.5, 0.6) is 5.75 Å². The number of carbonyl (C=O) groups is 3. The second-order valence-corrected chi connectivity index (χ2v) is 6.60. The van der Waals surface area contributed by atoms with Crippen LogP contribution in [0, 0.1) is 12.8 Å². The Kier molecular flexibility index (Phi) is 6.81. The molecule has 0 aliphatic rings. The van der Waals surface area contributed by atoms with E-state index in [9.17, 15) is 14.4 Å². The number of hydrogen-bond donors (Lipinski definition) is 3. The summed E-state index contributed by atoms with van der Waals surface area (Å²) in [5, 5.41) is 14.5. The van der Waals surface area contributed by atoms with Gasteiger partial charge in [0.25, 0.3) is 5.91 Å². The number of methoxy groups -OCH3 is 1. The number of amides is 2. The fraction of sp³-hybridized carbons (Fsp3) is 0.350. The molecule has 0 fully saturated rings.